The molecule has 0 fully saturated rings. The minimum absolute atomic E-state index is 0.294. The summed E-state index contributed by atoms with van der Waals surface area (Å²) in [7, 11) is 0. The van der Waals surface area contributed by atoms with Crippen LogP contribution in [-0.2, 0) is 0 Å². The Bertz CT molecular complexity index is 629. The molecule has 0 amide bonds. The quantitative estimate of drug-likeness (QED) is 0.807. The minimum Gasteiger partial charge on any atom is -0.387 e. The maximum atomic E-state index is 13.6. The number of hydrogen-bond donors (Lipinski definition) is 1. The van der Waals surface area contributed by atoms with E-state index in [2.05, 4.69) is 16.4 Å². The topological polar surface area (TPSA) is 24.9 Å². The van der Waals surface area contributed by atoms with Crippen molar-refractivity contribution in [2.75, 3.05) is 6.54 Å². The molecule has 0 unspecified atom stereocenters. The first-order valence-corrected chi connectivity index (χ1v) is 5.42. The highest BCUT2D eigenvalue weighted by Gasteiger charge is 2.06. The van der Waals surface area contributed by atoms with Gasteiger partial charge >= 0.3 is 0 Å². The molecule has 0 atom stereocenters. The van der Waals surface area contributed by atoms with Crippen LogP contribution in [-0.4, -0.2) is 11.5 Å². The standard InChI is InChI=1S/C14H10FN2/c15-12-5-1-3-10-6-7-13(17-14(10)12)11-4-2-8-16-9-11/h1-3,5-7,9,16H,8H2. The van der Waals surface area contributed by atoms with E-state index < -0.39 is 0 Å². The van der Waals surface area contributed by atoms with Crippen molar-refractivity contribution < 1.29 is 4.39 Å². The van der Waals surface area contributed by atoms with Gasteiger partial charge in [0.05, 0.1) is 5.69 Å². The Balaban J connectivity index is 2.16. The van der Waals surface area contributed by atoms with Crippen LogP contribution in [0.25, 0.3) is 16.5 Å². The van der Waals surface area contributed by atoms with Crippen LogP contribution < -0.4 is 5.32 Å². The van der Waals surface area contributed by atoms with Gasteiger partial charge in [-0.1, -0.05) is 24.3 Å². The molecule has 0 aliphatic carbocycles. The number of hydrogen-bond acceptors (Lipinski definition) is 2. The van der Waals surface area contributed by atoms with Gasteiger partial charge in [-0.05, 0) is 18.2 Å². The van der Waals surface area contributed by atoms with Gasteiger partial charge in [-0.15, -0.1) is 0 Å². The number of aromatic nitrogens is 1. The molecular formula is C14H10FN2. The Hall–Kier alpha value is -2.16. The van der Waals surface area contributed by atoms with E-state index in [1.165, 1.54) is 6.07 Å². The van der Waals surface area contributed by atoms with Crippen LogP contribution in [0.2, 0.25) is 0 Å². The lowest BCUT2D eigenvalue weighted by atomic mass is 10.1. The highest BCUT2D eigenvalue weighted by Crippen LogP contribution is 2.20. The van der Waals surface area contributed by atoms with Gasteiger partial charge < -0.3 is 5.32 Å². The second-order valence-corrected chi connectivity index (χ2v) is 3.82. The number of benzene rings is 1. The van der Waals surface area contributed by atoms with Crippen molar-refractivity contribution in [2.45, 2.75) is 0 Å². The number of nitrogens with zero attached hydrogens (tertiary/aromatic N) is 1. The number of pyridine rings is 1. The van der Waals surface area contributed by atoms with Crippen LogP contribution >= 0.6 is 0 Å². The van der Waals surface area contributed by atoms with E-state index in [9.17, 15) is 4.39 Å². The largest absolute Gasteiger partial charge is 0.387 e. The molecule has 2 heterocycles. The summed E-state index contributed by atoms with van der Waals surface area (Å²) in [5, 5.41) is 3.89. The van der Waals surface area contributed by atoms with Gasteiger partial charge in [0.2, 0.25) is 0 Å². The molecule has 1 N–H and O–H groups in total. The summed E-state index contributed by atoms with van der Waals surface area (Å²) in [5.41, 5.74) is 1.98. The van der Waals surface area contributed by atoms with E-state index in [0.29, 0.717) is 5.52 Å². The molecule has 1 aromatic carbocycles. The number of para-hydroxylation sites is 1. The fraction of sp³-hybridized carbons (Fsp3) is 0.0714. The molecule has 0 saturated carbocycles. The van der Waals surface area contributed by atoms with Crippen molar-refractivity contribution >= 4 is 16.5 Å². The molecule has 3 heteroatoms. The summed E-state index contributed by atoms with van der Waals surface area (Å²) in [6.45, 7) is 0.769. The number of fused-ring (bicyclic) bond motifs is 1. The Morgan fingerprint density at radius 1 is 1.24 bits per heavy atom. The van der Waals surface area contributed by atoms with Gasteiger partial charge in [0.25, 0.3) is 0 Å². The molecule has 0 saturated heterocycles. The third-order valence-electron chi connectivity index (χ3n) is 2.67. The molecule has 1 aliphatic rings. The summed E-state index contributed by atoms with van der Waals surface area (Å²) < 4.78 is 13.6. The van der Waals surface area contributed by atoms with E-state index in [1.54, 1.807) is 6.07 Å². The highest BCUT2D eigenvalue weighted by atomic mass is 19.1. The molecule has 1 aliphatic heterocycles. The van der Waals surface area contributed by atoms with Crippen molar-refractivity contribution in [3.63, 3.8) is 0 Å². The number of nitrogens with one attached hydrogen (secondary N) is 1. The molecule has 0 bridgehead atoms. The minimum atomic E-state index is -0.294. The molecule has 3 rings (SSSR count). The first-order chi connectivity index (χ1) is 8.34. The number of dihydropyridines is 1. The van der Waals surface area contributed by atoms with E-state index >= 15 is 0 Å². The van der Waals surface area contributed by atoms with Gasteiger partial charge in [0, 0.05) is 23.7 Å². The van der Waals surface area contributed by atoms with Crippen molar-refractivity contribution in [1.82, 2.24) is 10.3 Å². The van der Waals surface area contributed by atoms with Crippen LogP contribution in [0.3, 0.4) is 0 Å². The molecule has 17 heavy (non-hydrogen) atoms. The summed E-state index contributed by atoms with van der Waals surface area (Å²) >= 11 is 0. The highest BCUT2D eigenvalue weighted by molar-refractivity contribution is 5.82. The molecule has 0 spiro atoms. The average molecular weight is 225 g/mol. The number of rotatable bonds is 1. The van der Waals surface area contributed by atoms with Crippen molar-refractivity contribution in [3.05, 3.63) is 60.2 Å². The summed E-state index contributed by atoms with van der Waals surface area (Å²) in [4.78, 5) is 4.33. The van der Waals surface area contributed by atoms with Crippen LogP contribution in [0.4, 0.5) is 4.39 Å². The van der Waals surface area contributed by atoms with Crippen molar-refractivity contribution in [3.8, 4) is 0 Å². The number of allylic oxidation sites excluding steroid dienone is 2. The summed E-state index contributed by atoms with van der Waals surface area (Å²) in [5.74, 6) is -0.294. The van der Waals surface area contributed by atoms with Crippen LogP contribution in [0.1, 0.15) is 5.69 Å². The molecule has 1 aromatic heterocycles. The molecule has 2 nitrogen and oxygen atoms in total. The van der Waals surface area contributed by atoms with E-state index in [4.69, 9.17) is 0 Å². The van der Waals surface area contributed by atoms with E-state index in [0.717, 1.165) is 23.2 Å². The van der Waals surface area contributed by atoms with Crippen LogP contribution in [0, 0.1) is 11.9 Å². The third kappa shape index (κ3) is 1.80. The summed E-state index contributed by atoms with van der Waals surface area (Å²) in [6, 6.07) is 8.71. The van der Waals surface area contributed by atoms with Gasteiger partial charge in [-0.25, -0.2) is 9.37 Å². The third-order valence-corrected chi connectivity index (χ3v) is 2.67. The van der Waals surface area contributed by atoms with Crippen molar-refractivity contribution in [2.24, 2.45) is 0 Å². The van der Waals surface area contributed by atoms with Gasteiger partial charge in [-0.3, -0.25) is 0 Å². The molecule has 2 aromatic rings. The zero-order valence-electron chi connectivity index (χ0n) is 9.07. The molecule has 83 valence electrons. The molecular weight excluding hydrogens is 215 g/mol. The van der Waals surface area contributed by atoms with Gasteiger partial charge in [0.1, 0.15) is 11.3 Å². The Morgan fingerprint density at radius 3 is 3.00 bits per heavy atom. The zero-order chi connectivity index (χ0) is 11.7. The summed E-state index contributed by atoms with van der Waals surface area (Å²) in [6.07, 6.45) is 6.84. The smallest absolute Gasteiger partial charge is 0.149 e. The second kappa shape index (κ2) is 4.01. The van der Waals surface area contributed by atoms with Crippen LogP contribution in [0.5, 0.6) is 0 Å². The fourth-order valence-electron chi connectivity index (χ4n) is 1.83. The maximum absolute atomic E-state index is 13.6. The average Bonchev–Trinajstić information content (AvgIpc) is 2.40. The van der Waals surface area contributed by atoms with Gasteiger partial charge in [0.15, 0.2) is 0 Å². The van der Waals surface area contributed by atoms with Crippen LogP contribution in [0.15, 0.2) is 42.6 Å². The first-order valence-electron chi connectivity index (χ1n) is 5.42. The fourth-order valence-corrected chi connectivity index (χ4v) is 1.83. The van der Waals surface area contributed by atoms with E-state index in [-0.39, 0.29) is 5.82 Å². The Morgan fingerprint density at radius 2 is 2.18 bits per heavy atom. The van der Waals surface area contributed by atoms with Crippen molar-refractivity contribution in [1.29, 1.82) is 0 Å². The lowest BCUT2D eigenvalue weighted by molar-refractivity contribution is 0.636. The lowest BCUT2D eigenvalue weighted by Crippen LogP contribution is -2.09. The Kier molecular flexibility index (Phi) is 2.37. The first kappa shape index (κ1) is 10.0. The SMILES string of the molecule is Fc1cccc2ccc(C3=CNCC=[C]3)nc12. The number of halogens is 1. The lowest BCUT2D eigenvalue weighted by Gasteiger charge is -2.08. The molecule has 1 radical (unpaired) electrons. The predicted octanol–water partition coefficient (Wildman–Crippen LogP) is 2.68. The predicted molar refractivity (Wildman–Crippen MR) is 65.5 cm³/mol. The normalized spacial score (nSPS) is 14.5. The monoisotopic (exact) mass is 225 g/mol. The maximum Gasteiger partial charge on any atom is 0.149 e. The van der Waals surface area contributed by atoms with E-state index in [1.807, 2.05) is 30.5 Å². The second-order valence-electron chi connectivity index (χ2n) is 3.82. The zero-order valence-corrected chi connectivity index (χ0v) is 9.07. The Labute approximate surface area is 98.5 Å². The van der Waals surface area contributed by atoms with Gasteiger partial charge in [-0.2, -0.15) is 0 Å².